The first-order valence-corrected chi connectivity index (χ1v) is 12.0. The SMILES string of the molecule is Cc1c(C(C)C)c(C(C)C)c(C(C)C)n1C.Cc1c(C)c(C(C)C)n(C)c1C(C)C. The van der Waals surface area contributed by atoms with Crippen molar-refractivity contribution in [3.8, 4) is 0 Å². The molecule has 0 N–H and O–H groups in total. The third-order valence-electron chi connectivity index (χ3n) is 6.67. The maximum absolute atomic E-state index is 2.40. The molecule has 0 fully saturated rings. The second-order valence-electron chi connectivity index (χ2n) is 10.7. The number of rotatable bonds is 5. The van der Waals surface area contributed by atoms with Crippen LogP contribution in [0, 0.1) is 20.8 Å². The van der Waals surface area contributed by atoms with Crippen LogP contribution in [-0.2, 0) is 14.1 Å². The second kappa shape index (κ2) is 10.2. The molecule has 2 heteroatoms. The van der Waals surface area contributed by atoms with E-state index in [0.29, 0.717) is 29.6 Å². The molecule has 172 valence electrons. The Morgan fingerprint density at radius 1 is 0.433 bits per heavy atom. The van der Waals surface area contributed by atoms with E-state index in [0.717, 1.165) is 0 Å². The minimum absolute atomic E-state index is 0.605. The summed E-state index contributed by atoms with van der Waals surface area (Å²) in [6.45, 7) is 29.7. The van der Waals surface area contributed by atoms with Crippen LogP contribution in [0.3, 0.4) is 0 Å². The van der Waals surface area contributed by atoms with Gasteiger partial charge in [0.05, 0.1) is 0 Å². The van der Waals surface area contributed by atoms with Gasteiger partial charge in [-0.25, -0.2) is 0 Å². The van der Waals surface area contributed by atoms with Crippen molar-refractivity contribution in [2.24, 2.45) is 14.1 Å². The molecule has 2 nitrogen and oxygen atoms in total. The van der Waals surface area contributed by atoms with Crippen molar-refractivity contribution >= 4 is 0 Å². The van der Waals surface area contributed by atoms with Crippen LogP contribution in [0.1, 0.15) is 144 Å². The fraction of sp³-hybridized carbons (Fsp3) is 0.714. The van der Waals surface area contributed by atoms with Crippen LogP contribution in [0.2, 0.25) is 0 Å². The summed E-state index contributed by atoms with van der Waals surface area (Å²) in [4.78, 5) is 0. The number of hydrogen-bond acceptors (Lipinski definition) is 0. The Morgan fingerprint density at radius 3 is 1.00 bits per heavy atom. The predicted molar refractivity (Wildman–Crippen MR) is 135 cm³/mol. The average molecular weight is 415 g/mol. The van der Waals surface area contributed by atoms with Gasteiger partial charge in [-0.15, -0.1) is 0 Å². The highest BCUT2D eigenvalue weighted by molar-refractivity contribution is 5.43. The van der Waals surface area contributed by atoms with Gasteiger partial charge >= 0.3 is 0 Å². The third kappa shape index (κ3) is 5.06. The summed E-state index contributed by atoms with van der Waals surface area (Å²) in [6, 6.07) is 0. The lowest BCUT2D eigenvalue weighted by atomic mass is 9.89. The molecular formula is C28H50N2. The Bertz CT molecular complexity index is 776. The van der Waals surface area contributed by atoms with Crippen molar-refractivity contribution in [1.29, 1.82) is 0 Å². The normalized spacial score (nSPS) is 12.0. The summed E-state index contributed by atoms with van der Waals surface area (Å²) in [6.07, 6.45) is 0. The highest BCUT2D eigenvalue weighted by Gasteiger charge is 2.23. The van der Waals surface area contributed by atoms with Crippen molar-refractivity contribution < 1.29 is 0 Å². The first kappa shape index (κ1) is 26.6. The quantitative estimate of drug-likeness (QED) is 0.463. The molecule has 0 amide bonds. The summed E-state index contributed by atoms with van der Waals surface area (Å²) in [7, 11) is 4.41. The van der Waals surface area contributed by atoms with Gasteiger partial charge in [-0.3, -0.25) is 0 Å². The summed E-state index contributed by atoms with van der Waals surface area (Å²) in [5.41, 5.74) is 12.1. The monoisotopic (exact) mass is 414 g/mol. The molecule has 0 saturated heterocycles. The molecule has 0 bridgehead atoms. The molecule has 0 atom stereocenters. The van der Waals surface area contributed by atoms with Gasteiger partial charge in [-0.1, -0.05) is 69.2 Å². The van der Waals surface area contributed by atoms with E-state index in [4.69, 9.17) is 0 Å². The number of nitrogens with zero attached hydrogens (tertiary/aromatic N) is 2. The first-order valence-electron chi connectivity index (χ1n) is 12.0. The van der Waals surface area contributed by atoms with E-state index in [-0.39, 0.29) is 0 Å². The first-order chi connectivity index (χ1) is 13.7. The molecule has 2 aromatic rings. The van der Waals surface area contributed by atoms with E-state index in [1.165, 1.54) is 33.9 Å². The lowest BCUT2D eigenvalue weighted by Gasteiger charge is -2.16. The lowest BCUT2D eigenvalue weighted by Crippen LogP contribution is -2.04. The van der Waals surface area contributed by atoms with Gasteiger partial charge in [0.1, 0.15) is 0 Å². The summed E-state index contributed by atoms with van der Waals surface area (Å²) < 4.78 is 4.79. The Labute approximate surface area is 188 Å². The van der Waals surface area contributed by atoms with Gasteiger partial charge in [-0.05, 0) is 72.6 Å². The van der Waals surface area contributed by atoms with E-state index >= 15 is 0 Å². The third-order valence-corrected chi connectivity index (χ3v) is 6.67. The summed E-state index contributed by atoms with van der Waals surface area (Å²) in [5, 5.41) is 0. The van der Waals surface area contributed by atoms with E-state index < -0.39 is 0 Å². The molecular weight excluding hydrogens is 364 g/mol. The molecule has 0 radical (unpaired) electrons. The number of hydrogen-bond donors (Lipinski definition) is 0. The topological polar surface area (TPSA) is 9.86 Å². The average Bonchev–Trinajstić information content (AvgIpc) is 2.99. The Hall–Kier alpha value is -1.44. The van der Waals surface area contributed by atoms with Crippen molar-refractivity contribution in [2.75, 3.05) is 0 Å². The highest BCUT2D eigenvalue weighted by Crippen LogP contribution is 2.37. The Morgan fingerprint density at radius 2 is 0.767 bits per heavy atom. The summed E-state index contributed by atoms with van der Waals surface area (Å²) >= 11 is 0. The fourth-order valence-corrected chi connectivity index (χ4v) is 5.57. The predicted octanol–water partition coefficient (Wildman–Crippen LogP) is 8.59. The van der Waals surface area contributed by atoms with Crippen LogP contribution in [0.5, 0.6) is 0 Å². The van der Waals surface area contributed by atoms with E-state index in [9.17, 15) is 0 Å². The van der Waals surface area contributed by atoms with Crippen LogP contribution in [-0.4, -0.2) is 9.13 Å². The standard InChI is InChI=1S/C15H27N.C13H23N/c1-9(2)13-12(7)16(8)15(11(5)6)14(13)10(3)4;1-8(2)12-10(5)11(6)13(9(3)4)14(12)7/h9-11H,1-8H3;8-9H,1-7H3. The molecule has 30 heavy (non-hydrogen) atoms. The van der Waals surface area contributed by atoms with Gasteiger partial charge < -0.3 is 9.13 Å². The molecule has 0 unspecified atom stereocenters. The van der Waals surface area contributed by atoms with Gasteiger partial charge in [-0.2, -0.15) is 0 Å². The summed E-state index contributed by atoms with van der Waals surface area (Å²) in [5.74, 6) is 3.08. The largest absolute Gasteiger partial charge is 0.351 e. The zero-order chi connectivity index (χ0) is 23.7. The van der Waals surface area contributed by atoms with Crippen molar-refractivity contribution in [1.82, 2.24) is 9.13 Å². The number of aromatic nitrogens is 2. The maximum Gasteiger partial charge on any atom is 0.0237 e. The van der Waals surface area contributed by atoms with Gasteiger partial charge in [0.25, 0.3) is 0 Å². The molecule has 2 rings (SSSR count). The van der Waals surface area contributed by atoms with Gasteiger partial charge in [0, 0.05) is 36.9 Å². The van der Waals surface area contributed by atoms with Crippen LogP contribution in [0.4, 0.5) is 0 Å². The fourth-order valence-electron chi connectivity index (χ4n) is 5.57. The molecule has 2 heterocycles. The molecule has 0 aromatic carbocycles. The van der Waals surface area contributed by atoms with Gasteiger partial charge in [0.15, 0.2) is 0 Å². The molecule has 0 aliphatic heterocycles. The molecule has 0 aliphatic rings. The minimum Gasteiger partial charge on any atom is -0.351 e. The highest BCUT2D eigenvalue weighted by atomic mass is 15.0. The molecule has 2 aromatic heterocycles. The zero-order valence-electron chi connectivity index (χ0n) is 22.8. The lowest BCUT2D eigenvalue weighted by molar-refractivity contribution is 0.674. The van der Waals surface area contributed by atoms with E-state index in [2.05, 4.69) is 113 Å². The Balaban J connectivity index is 0.000000303. The van der Waals surface area contributed by atoms with Crippen molar-refractivity contribution in [2.45, 2.75) is 120 Å². The minimum atomic E-state index is 0.605. The zero-order valence-corrected chi connectivity index (χ0v) is 22.8. The van der Waals surface area contributed by atoms with Crippen LogP contribution in [0.25, 0.3) is 0 Å². The molecule has 0 spiro atoms. The van der Waals surface area contributed by atoms with Crippen molar-refractivity contribution in [3.05, 3.63) is 45.0 Å². The smallest absolute Gasteiger partial charge is 0.0237 e. The molecule has 0 aliphatic carbocycles. The van der Waals surface area contributed by atoms with E-state index in [1.807, 2.05) is 0 Å². The van der Waals surface area contributed by atoms with Crippen LogP contribution < -0.4 is 0 Å². The molecule has 0 saturated carbocycles. The van der Waals surface area contributed by atoms with E-state index in [1.54, 1.807) is 11.1 Å². The van der Waals surface area contributed by atoms with Crippen LogP contribution >= 0.6 is 0 Å². The Kier molecular flexibility index (Phi) is 9.08. The van der Waals surface area contributed by atoms with Crippen molar-refractivity contribution in [3.63, 3.8) is 0 Å². The van der Waals surface area contributed by atoms with Gasteiger partial charge in [0.2, 0.25) is 0 Å². The second-order valence-corrected chi connectivity index (χ2v) is 10.7. The van der Waals surface area contributed by atoms with Crippen LogP contribution in [0.15, 0.2) is 0 Å². The maximum atomic E-state index is 2.40.